The molecular formula is C65H55N3O2. The van der Waals surface area contributed by atoms with Gasteiger partial charge in [-0.3, -0.25) is 0 Å². The van der Waals surface area contributed by atoms with E-state index in [9.17, 15) is 5.26 Å². The standard InChI is InChI=1S/C65H55N3O2/c1-69-57-36-32-55(33-37-57)67(64-15-7-11-49-9-3-5-13-60(49)64)53-28-22-45(23-29-53)17-19-47-26-40-59-52(41-47)43-51-27-21-48(42-62(51)63(59)44-66)20-18-46-24-30-54(31-25-46)68(56-34-38-58(70-2)39-35-56)65-16-8-12-50-10-4-6-14-61(50)65/h7-8,11-12,15-43H,3-6,9-10,13-14H2,1-2H3. The van der Waals surface area contributed by atoms with Crippen LogP contribution in [0.5, 0.6) is 11.5 Å². The number of rotatable bonds is 12. The molecule has 9 aromatic rings. The Morgan fingerprint density at radius 3 is 1.33 bits per heavy atom. The summed E-state index contributed by atoms with van der Waals surface area (Å²) in [6.45, 7) is 0. The maximum atomic E-state index is 10.6. The number of hydrogen-bond acceptors (Lipinski definition) is 5. The van der Waals surface area contributed by atoms with Crippen LogP contribution in [0.2, 0.25) is 0 Å². The smallest absolute Gasteiger partial charge is 0.119 e. The minimum absolute atomic E-state index is 0.695. The van der Waals surface area contributed by atoms with E-state index in [-0.39, 0.29) is 0 Å². The number of nitriles is 1. The van der Waals surface area contributed by atoms with Gasteiger partial charge in [0.05, 0.1) is 19.8 Å². The Bertz CT molecular complexity index is 3450. The Balaban J connectivity index is 0.829. The van der Waals surface area contributed by atoms with Crippen molar-refractivity contribution in [2.75, 3.05) is 24.0 Å². The zero-order valence-corrected chi connectivity index (χ0v) is 39.9. The number of ether oxygens (including phenoxy) is 2. The Kier molecular flexibility index (Phi) is 12.4. The van der Waals surface area contributed by atoms with Crippen LogP contribution in [0.3, 0.4) is 0 Å². The summed E-state index contributed by atoms with van der Waals surface area (Å²) in [5.74, 6) is 1.69. The van der Waals surface area contributed by atoms with E-state index in [2.05, 4.69) is 192 Å². The largest absolute Gasteiger partial charge is 0.497 e. The van der Waals surface area contributed by atoms with Gasteiger partial charge in [-0.05, 0) is 210 Å². The molecule has 342 valence electrons. The molecule has 0 amide bonds. The number of nitrogens with zero attached hydrogens (tertiary/aromatic N) is 3. The lowest BCUT2D eigenvalue weighted by Gasteiger charge is -2.30. The zero-order valence-electron chi connectivity index (χ0n) is 39.9. The van der Waals surface area contributed by atoms with Gasteiger partial charge in [-0.2, -0.15) is 5.26 Å². The Hall–Kier alpha value is -8.33. The molecule has 0 fully saturated rings. The monoisotopic (exact) mass is 909 g/mol. The van der Waals surface area contributed by atoms with Gasteiger partial charge in [-0.25, -0.2) is 0 Å². The number of anilines is 6. The minimum atomic E-state index is 0.695. The van der Waals surface area contributed by atoms with Crippen LogP contribution in [-0.4, -0.2) is 14.2 Å². The molecule has 0 saturated carbocycles. The topological polar surface area (TPSA) is 48.7 Å². The van der Waals surface area contributed by atoms with E-state index < -0.39 is 0 Å². The first-order valence-electron chi connectivity index (χ1n) is 24.6. The van der Waals surface area contributed by atoms with Crippen molar-refractivity contribution in [2.45, 2.75) is 51.4 Å². The van der Waals surface area contributed by atoms with E-state index in [1.807, 2.05) is 24.3 Å². The van der Waals surface area contributed by atoms with Gasteiger partial charge >= 0.3 is 0 Å². The summed E-state index contributed by atoms with van der Waals surface area (Å²) in [6, 6.07) is 65.3. The van der Waals surface area contributed by atoms with Gasteiger partial charge in [-0.1, -0.05) is 97.1 Å². The van der Waals surface area contributed by atoms with Crippen LogP contribution in [0.25, 0.3) is 45.8 Å². The van der Waals surface area contributed by atoms with Crippen LogP contribution in [0.1, 0.15) is 75.8 Å². The SMILES string of the molecule is COc1ccc(N(c2ccc(C=Cc3ccc4c(C#N)c5cc(C=Cc6ccc(N(c7ccc(OC)cc7)c7cccc8c7CCCC8)cc6)ccc5cc4c3)cc2)c2cccc3c2CCCC3)cc1. The average Bonchev–Trinajstić information content (AvgIpc) is 3.42. The Labute approximate surface area is 411 Å². The molecule has 0 radical (unpaired) electrons. The highest BCUT2D eigenvalue weighted by atomic mass is 16.5. The first-order valence-corrected chi connectivity index (χ1v) is 24.6. The van der Waals surface area contributed by atoms with Crippen molar-refractivity contribution in [1.29, 1.82) is 5.26 Å². The van der Waals surface area contributed by atoms with Gasteiger partial charge < -0.3 is 19.3 Å². The molecule has 2 aliphatic rings. The van der Waals surface area contributed by atoms with Gasteiger partial charge in [0.15, 0.2) is 0 Å². The van der Waals surface area contributed by atoms with E-state index >= 15 is 0 Å². The number of benzene rings is 9. The first-order chi connectivity index (χ1) is 34.5. The van der Waals surface area contributed by atoms with Gasteiger partial charge in [-0.15, -0.1) is 0 Å². The summed E-state index contributed by atoms with van der Waals surface area (Å²) < 4.78 is 11.0. The van der Waals surface area contributed by atoms with Crippen LogP contribution in [0.4, 0.5) is 34.1 Å². The second-order valence-corrected chi connectivity index (χ2v) is 18.5. The molecule has 0 unspecified atom stereocenters. The minimum Gasteiger partial charge on any atom is -0.497 e. The van der Waals surface area contributed by atoms with Gasteiger partial charge in [0.2, 0.25) is 0 Å². The number of methoxy groups -OCH3 is 2. The summed E-state index contributed by atoms with van der Waals surface area (Å²) >= 11 is 0. The Morgan fingerprint density at radius 2 is 0.843 bits per heavy atom. The fourth-order valence-electron chi connectivity index (χ4n) is 10.6. The molecule has 5 nitrogen and oxygen atoms in total. The van der Waals surface area contributed by atoms with E-state index in [0.29, 0.717) is 5.56 Å². The van der Waals surface area contributed by atoms with Crippen molar-refractivity contribution in [1.82, 2.24) is 0 Å². The van der Waals surface area contributed by atoms with Crippen LogP contribution in [0.15, 0.2) is 176 Å². The van der Waals surface area contributed by atoms with Crippen molar-refractivity contribution in [3.8, 4) is 17.6 Å². The molecule has 0 spiro atoms. The second-order valence-electron chi connectivity index (χ2n) is 18.5. The number of fused-ring (bicyclic) bond motifs is 4. The third-order valence-corrected chi connectivity index (χ3v) is 14.2. The number of hydrogen-bond donors (Lipinski definition) is 0. The van der Waals surface area contributed by atoms with E-state index in [4.69, 9.17) is 9.47 Å². The van der Waals surface area contributed by atoms with E-state index in [1.54, 1.807) is 14.2 Å². The highest BCUT2D eigenvalue weighted by Gasteiger charge is 2.22. The lowest BCUT2D eigenvalue weighted by Crippen LogP contribution is -2.15. The normalized spacial score (nSPS) is 13.3. The molecule has 0 aliphatic heterocycles. The van der Waals surface area contributed by atoms with Crippen LogP contribution in [-0.2, 0) is 25.7 Å². The van der Waals surface area contributed by atoms with E-state index in [0.717, 1.165) is 104 Å². The van der Waals surface area contributed by atoms with Crippen molar-refractivity contribution in [3.63, 3.8) is 0 Å². The fraction of sp³-hybridized carbons (Fsp3) is 0.154. The Morgan fingerprint density at radius 1 is 0.414 bits per heavy atom. The third kappa shape index (κ3) is 8.93. The first kappa shape index (κ1) is 44.2. The van der Waals surface area contributed by atoms with E-state index in [1.165, 1.54) is 59.3 Å². The molecule has 9 aromatic carbocycles. The summed E-state index contributed by atoms with van der Waals surface area (Å²) in [6.07, 6.45) is 18.0. The van der Waals surface area contributed by atoms with Crippen LogP contribution < -0.4 is 19.3 Å². The van der Waals surface area contributed by atoms with Gasteiger partial charge in [0, 0.05) is 44.9 Å². The predicted molar refractivity (Wildman–Crippen MR) is 293 cm³/mol. The lowest BCUT2D eigenvalue weighted by atomic mass is 9.90. The molecule has 0 N–H and O–H groups in total. The molecule has 11 rings (SSSR count). The highest BCUT2D eigenvalue weighted by Crippen LogP contribution is 2.43. The van der Waals surface area contributed by atoms with Crippen molar-refractivity contribution >= 4 is 80.0 Å². The molecular weight excluding hydrogens is 855 g/mol. The molecule has 0 aromatic heterocycles. The quantitative estimate of drug-likeness (QED) is 0.0903. The maximum Gasteiger partial charge on any atom is 0.119 e. The summed E-state index contributed by atoms with van der Waals surface area (Å²) in [7, 11) is 3.42. The molecule has 70 heavy (non-hydrogen) atoms. The third-order valence-electron chi connectivity index (χ3n) is 14.2. The highest BCUT2D eigenvalue weighted by molar-refractivity contribution is 6.05. The summed E-state index contributed by atoms with van der Waals surface area (Å²) in [5, 5.41) is 14.6. The maximum absolute atomic E-state index is 10.6. The van der Waals surface area contributed by atoms with Crippen LogP contribution >= 0.6 is 0 Å². The molecule has 2 aliphatic carbocycles. The van der Waals surface area contributed by atoms with Gasteiger partial charge in [0.25, 0.3) is 0 Å². The summed E-state index contributed by atoms with van der Waals surface area (Å²) in [4.78, 5) is 4.76. The molecule has 0 bridgehead atoms. The average molecular weight is 910 g/mol. The van der Waals surface area contributed by atoms with Crippen molar-refractivity contribution in [3.05, 3.63) is 226 Å². The zero-order chi connectivity index (χ0) is 47.4. The predicted octanol–water partition coefficient (Wildman–Crippen LogP) is 16.9. The van der Waals surface area contributed by atoms with Crippen LogP contribution in [0, 0.1) is 11.3 Å². The number of aryl methyl sites for hydroxylation is 2. The molecule has 0 atom stereocenters. The lowest BCUT2D eigenvalue weighted by molar-refractivity contribution is 0.414. The van der Waals surface area contributed by atoms with Crippen molar-refractivity contribution in [2.24, 2.45) is 0 Å². The molecule has 0 heterocycles. The summed E-state index contributed by atoms with van der Waals surface area (Å²) in [5.41, 5.74) is 17.8. The van der Waals surface area contributed by atoms with Gasteiger partial charge in [0.1, 0.15) is 17.6 Å². The molecule has 0 saturated heterocycles. The molecule has 5 heteroatoms. The fourth-order valence-corrected chi connectivity index (χ4v) is 10.6. The van der Waals surface area contributed by atoms with Crippen molar-refractivity contribution < 1.29 is 9.47 Å². The second kappa shape index (κ2) is 19.7.